The number of pyridine rings is 1. The Bertz CT molecular complexity index is 692. The Hall–Kier alpha value is -2.41. The molecule has 0 saturated heterocycles. The van der Waals surface area contributed by atoms with Gasteiger partial charge in [0, 0.05) is 24.0 Å². The van der Waals surface area contributed by atoms with Crippen LogP contribution >= 0.6 is 11.8 Å². The second-order valence-corrected chi connectivity index (χ2v) is 5.47. The molecular weight excluding hydrogens is 302 g/mol. The van der Waals surface area contributed by atoms with Crippen LogP contribution < -0.4 is 5.32 Å². The van der Waals surface area contributed by atoms with Crippen LogP contribution in [-0.4, -0.2) is 22.1 Å². The minimum Gasteiger partial charge on any atom is -0.345 e. The normalized spacial score (nSPS) is 11.7. The van der Waals surface area contributed by atoms with E-state index in [9.17, 15) is 14.9 Å². The minimum atomic E-state index is -0.479. The Labute approximate surface area is 132 Å². The average Bonchev–Trinajstić information content (AvgIpc) is 2.54. The number of hydrogen-bond acceptors (Lipinski definition) is 5. The van der Waals surface area contributed by atoms with Crippen LogP contribution in [0.1, 0.15) is 28.9 Å². The molecule has 0 radical (unpaired) electrons. The van der Waals surface area contributed by atoms with Crippen LogP contribution in [0.3, 0.4) is 0 Å². The molecule has 2 rings (SSSR count). The van der Waals surface area contributed by atoms with Crippen molar-refractivity contribution in [3.63, 3.8) is 0 Å². The first kappa shape index (κ1) is 16.0. The summed E-state index contributed by atoms with van der Waals surface area (Å²) >= 11 is 1.27. The lowest BCUT2D eigenvalue weighted by Gasteiger charge is -2.14. The topological polar surface area (TPSA) is 85.1 Å². The largest absolute Gasteiger partial charge is 0.345 e. The number of nitrogens with zero attached hydrogens (tertiary/aromatic N) is 2. The highest BCUT2D eigenvalue weighted by Gasteiger charge is 2.18. The Balaban J connectivity index is 2.19. The molecule has 2 aromatic rings. The molecular formula is C15H15N3O3S. The lowest BCUT2D eigenvalue weighted by Crippen LogP contribution is -2.26. The van der Waals surface area contributed by atoms with E-state index in [1.165, 1.54) is 17.8 Å². The molecule has 1 aromatic heterocycles. The molecule has 0 aliphatic rings. The van der Waals surface area contributed by atoms with Crippen LogP contribution in [0.25, 0.3) is 0 Å². The molecule has 0 aliphatic carbocycles. The zero-order valence-corrected chi connectivity index (χ0v) is 13.0. The van der Waals surface area contributed by atoms with Crippen molar-refractivity contribution in [2.75, 3.05) is 6.26 Å². The van der Waals surface area contributed by atoms with E-state index < -0.39 is 4.92 Å². The van der Waals surface area contributed by atoms with Gasteiger partial charge in [-0.2, -0.15) is 0 Å². The number of benzene rings is 1. The third kappa shape index (κ3) is 3.62. The van der Waals surface area contributed by atoms with E-state index in [0.29, 0.717) is 4.90 Å². The monoisotopic (exact) mass is 317 g/mol. The first-order valence-corrected chi connectivity index (χ1v) is 7.78. The van der Waals surface area contributed by atoms with Gasteiger partial charge in [-0.05, 0) is 36.9 Å². The minimum absolute atomic E-state index is 0.0609. The summed E-state index contributed by atoms with van der Waals surface area (Å²) in [7, 11) is 0. The maximum Gasteiger partial charge on any atom is 0.283 e. The SMILES string of the molecule is CSc1ccc(C(=O)N[C@@H](C)c2cccnc2)cc1[N+](=O)[O-]. The number of carbonyl (C=O) groups is 1. The summed E-state index contributed by atoms with van der Waals surface area (Å²) in [4.78, 5) is 27.3. The number of rotatable bonds is 5. The summed E-state index contributed by atoms with van der Waals surface area (Å²) in [5.41, 5.74) is 1.07. The third-order valence-electron chi connectivity index (χ3n) is 3.17. The van der Waals surface area contributed by atoms with Crippen molar-refractivity contribution in [2.24, 2.45) is 0 Å². The predicted molar refractivity (Wildman–Crippen MR) is 85.0 cm³/mol. The molecule has 0 saturated carbocycles. The number of carbonyl (C=O) groups excluding carboxylic acids is 1. The van der Waals surface area contributed by atoms with Crippen LogP contribution in [0.4, 0.5) is 5.69 Å². The van der Waals surface area contributed by atoms with Gasteiger partial charge >= 0.3 is 0 Å². The van der Waals surface area contributed by atoms with E-state index >= 15 is 0 Å². The zero-order chi connectivity index (χ0) is 16.1. The van der Waals surface area contributed by atoms with Gasteiger partial charge in [-0.1, -0.05) is 6.07 Å². The fraction of sp³-hybridized carbons (Fsp3) is 0.200. The Morgan fingerprint density at radius 3 is 2.77 bits per heavy atom. The number of thioether (sulfide) groups is 1. The Kier molecular flexibility index (Phi) is 5.11. The third-order valence-corrected chi connectivity index (χ3v) is 3.95. The molecule has 0 fully saturated rings. The zero-order valence-electron chi connectivity index (χ0n) is 12.1. The van der Waals surface area contributed by atoms with Gasteiger partial charge in [0.15, 0.2) is 0 Å². The van der Waals surface area contributed by atoms with E-state index in [2.05, 4.69) is 10.3 Å². The highest BCUT2D eigenvalue weighted by atomic mass is 32.2. The van der Waals surface area contributed by atoms with Crippen molar-refractivity contribution in [2.45, 2.75) is 17.9 Å². The molecule has 0 spiro atoms. The van der Waals surface area contributed by atoms with Crippen molar-refractivity contribution in [1.82, 2.24) is 10.3 Å². The van der Waals surface area contributed by atoms with Crippen LogP contribution in [0, 0.1) is 10.1 Å². The molecule has 0 aliphatic heterocycles. The van der Waals surface area contributed by atoms with Crippen LogP contribution in [0.2, 0.25) is 0 Å². The number of nitrogens with one attached hydrogen (secondary N) is 1. The predicted octanol–water partition coefficient (Wildman–Crippen LogP) is 3.20. The van der Waals surface area contributed by atoms with Gasteiger partial charge in [-0.15, -0.1) is 11.8 Å². The summed E-state index contributed by atoms with van der Waals surface area (Å²) in [6.45, 7) is 1.83. The van der Waals surface area contributed by atoms with Gasteiger partial charge in [0.25, 0.3) is 11.6 Å². The van der Waals surface area contributed by atoms with Gasteiger partial charge in [-0.3, -0.25) is 19.9 Å². The van der Waals surface area contributed by atoms with Gasteiger partial charge in [0.1, 0.15) is 0 Å². The summed E-state index contributed by atoms with van der Waals surface area (Å²) in [5, 5.41) is 13.9. The molecule has 1 amide bonds. The van der Waals surface area contributed by atoms with E-state index in [-0.39, 0.29) is 23.2 Å². The number of aromatic nitrogens is 1. The Morgan fingerprint density at radius 2 is 2.18 bits per heavy atom. The molecule has 1 aromatic carbocycles. The van der Waals surface area contributed by atoms with Crippen molar-refractivity contribution in [3.05, 3.63) is 64.0 Å². The van der Waals surface area contributed by atoms with Crippen LogP contribution in [0.5, 0.6) is 0 Å². The maximum atomic E-state index is 12.2. The lowest BCUT2D eigenvalue weighted by atomic mass is 10.1. The van der Waals surface area contributed by atoms with Crippen molar-refractivity contribution < 1.29 is 9.72 Å². The van der Waals surface area contributed by atoms with Gasteiger partial charge in [-0.25, -0.2) is 0 Å². The lowest BCUT2D eigenvalue weighted by molar-refractivity contribution is -0.387. The molecule has 114 valence electrons. The van der Waals surface area contributed by atoms with Crippen LogP contribution in [0.15, 0.2) is 47.6 Å². The van der Waals surface area contributed by atoms with E-state index in [1.807, 2.05) is 13.0 Å². The highest BCUT2D eigenvalue weighted by molar-refractivity contribution is 7.98. The first-order valence-electron chi connectivity index (χ1n) is 6.56. The number of nitro benzene ring substituents is 1. The fourth-order valence-corrected chi connectivity index (χ4v) is 2.52. The smallest absolute Gasteiger partial charge is 0.283 e. The fourth-order valence-electron chi connectivity index (χ4n) is 1.97. The summed E-state index contributed by atoms with van der Waals surface area (Å²) in [6.07, 6.45) is 5.08. The first-order chi connectivity index (χ1) is 10.5. The van der Waals surface area contributed by atoms with Gasteiger partial charge < -0.3 is 5.32 Å². The molecule has 1 N–H and O–H groups in total. The molecule has 0 bridgehead atoms. The quantitative estimate of drug-likeness (QED) is 0.520. The van der Waals surface area contributed by atoms with Crippen LogP contribution in [-0.2, 0) is 0 Å². The Morgan fingerprint density at radius 1 is 1.41 bits per heavy atom. The van der Waals surface area contributed by atoms with E-state index in [4.69, 9.17) is 0 Å². The summed E-state index contributed by atoms with van der Waals surface area (Å²) in [5.74, 6) is -0.355. The molecule has 1 heterocycles. The van der Waals surface area contributed by atoms with Gasteiger partial charge in [0.05, 0.1) is 15.9 Å². The van der Waals surface area contributed by atoms with Crippen molar-refractivity contribution in [3.8, 4) is 0 Å². The standard InChI is InChI=1S/C15H15N3O3S/c1-10(12-4-3-7-16-9-12)17-15(19)11-5-6-14(22-2)13(8-11)18(20)21/h3-10H,1-2H3,(H,17,19)/t10-/m0/s1. The molecule has 22 heavy (non-hydrogen) atoms. The average molecular weight is 317 g/mol. The maximum absolute atomic E-state index is 12.2. The second kappa shape index (κ2) is 7.04. The number of nitro groups is 1. The number of hydrogen-bond donors (Lipinski definition) is 1. The summed E-state index contributed by atoms with van der Waals surface area (Å²) < 4.78 is 0. The second-order valence-electron chi connectivity index (χ2n) is 4.63. The van der Waals surface area contributed by atoms with Crippen molar-refractivity contribution >= 4 is 23.4 Å². The molecule has 1 atom stereocenters. The van der Waals surface area contributed by atoms with E-state index in [1.54, 1.807) is 36.8 Å². The number of amides is 1. The summed E-state index contributed by atoms with van der Waals surface area (Å²) in [6, 6.07) is 7.89. The van der Waals surface area contributed by atoms with E-state index in [0.717, 1.165) is 5.56 Å². The highest BCUT2D eigenvalue weighted by Crippen LogP contribution is 2.28. The molecule has 0 unspecified atom stereocenters. The van der Waals surface area contributed by atoms with Crippen molar-refractivity contribution in [1.29, 1.82) is 0 Å². The molecule has 6 nitrogen and oxygen atoms in total. The molecule has 7 heteroatoms. The van der Waals surface area contributed by atoms with Gasteiger partial charge in [0.2, 0.25) is 0 Å².